The van der Waals surface area contributed by atoms with Crippen LogP contribution in [0.3, 0.4) is 0 Å². The van der Waals surface area contributed by atoms with Crippen LogP contribution in [0, 0.1) is 12.8 Å². The van der Waals surface area contributed by atoms with Crippen LogP contribution in [0.25, 0.3) is 5.69 Å². The van der Waals surface area contributed by atoms with Gasteiger partial charge in [0.05, 0.1) is 35.9 Å². The first-order valence-corrected chi connectivity index (χ1v) is 12.7. The number of nitrogens with one attached hydrogen (secondary N) is 1. The second-order valence-corrected chi connectivity index (χ2v) is 10.7. The molecule has 10 heteroatoms. The van der Waals surface area contributed by atoms with Crippen LogP contribution in [0.5, 0.6) is 5.75 Å². The van der Waals surface area contributed by atoms with Crippen LogP contribution in [0.2, 0.25) is 0 Å². The molecule has 2 aromatic carbocycles. The summed E-state index contributed by atoms with van der Waals surface area (Å²) < 4.78 is 31.2. The normalized spacial score (nSPS) is 18.7. The van der Waals surface area contributed by atoms with Gasteiger partial charge in [0.2, 0.25) is 11.8 Å². The number of benzene rings is 2. The van der Waals surface area contributed by atoms with Crippen molar-refractivity contribution in [1.29, 1.82) is 0 Å². The highest BCUT2D eigenvalue weighted by Gasteiger charge is 2.38. The maximum Gasteiger partial charge on any atom is 0.230 e. The van der Waals surface area contributed by atoms with E-state index in [1.807, 2.05) is 31.2 Å². The number of fused-ring (bicyclic) bond motifs is 1. The molecule has 0 bridgehead atoms. The fourth-order valence-electron chi connectivity index (χ4n) is 4.46. The molecule has 3 aromatic rings. The van der Waals surface area contributed by atoms with Gasteiger partial charge in [-0.05, 0) is 42.8 Å². The Balaban J connectivity index is 1.42. The molecule has 0 radical (unpaired) electrons. The van der Waals surface area contributed by atoms with Gasteiger partial charge in [0.15, 0.2) is 9.84 Å². The molecule has 5 rings (SSSR count). The van der Waals surface area contributed by atoms with E-state index in [0.29, 0.717) is 28.5 Å². The number of para-hydroxylation sites is 1. The number of carbonyl (C=O) groups is 2. The van der Waals surface area contributed by atoms with Crippen molar-refractivity contribution >= 4 is 33.2 Å². The summed E-state index contributed by atoms with van der Waals surface area (Å²) in [6.07, 6.45) is 0.0663. The topological polar surface area (TPSA) is 111 Å². The molecule has 9 nitrogen and oxygen atoms in total. The predicted molar refractivity (Wildman–Crippen MR) is 127 cm³/mol. The molecule has 0 aliphatic carbocycles. The number of methoxy groups -OCH3 is 1. The standard InChI is InChI=1S/C24H24N4O5S/c1-15-5-3-4-6-21(15)28-23(19-13-34(31,32)14-20(19)26-28)25-24(30)16-11-22(29)27(12-16)17-7-9-18(33-2)10-8-17/h3-10,16H,11-14H2,1-2H3,(H,25,30). The summed E-state index contributed by atoms with van der Waals surface area (Å²) in [5.41, 5.74) is 3.34. The molecule has 1 aromatic heterocycles. The Morgan fingerprint density at radius 3 is 2.56 bits per heavy atom. The number of amides is 2. The number of hydrogen-bond donors (Lipinski definition) is 1. The summed E-state index contributed by atoms with van der Waals surface area (Å²) in [6, 6.07) is 14.6. The van der Waals surface area contributed by atoms with E-state index in [2.05, 4.69) is 10.4 Å². The molecule has 2 amide bonds. The van der Waals surface area contributed by atoms with E-state index in [1.165, 1.54) is 0 Å². The fraction of sp³-hybridized carbons (Fsp3) is 0.292. The Labute approximate surface area is 197 Å². The zero-order valence-electron chi connectivity index (χ0n) is 18.8. The molecular formula is C24H24N4O5S. The molecule has 3 heterocycles. The molecule has 0 spiro atoms. The van der Waals surface area contributed by atoms with Crippen LogP contribution in [0.1, 0.15) is 23.2 Å². The van der Waals surface area contributed by atoms with Gasteiger partial charge >= 0.3 is 0 Å². The number of nitrogens with zero attached hydrogens (tertiary/aromatic N) is 3. The van der Waals surface area contributed by atoms with Crippen LogP contribution in [0.15, 0.2) is 48.5 Å². The Morgan fingerprint density at radius 1 is 1.12 bits per heavy atom. The van der Waals surface area contributed by atoms with Gasteiger partial charge in [-0.1, -0.05) is 18.2 Å². The van der Waals surface area contributed by atoms with Crippen molar-refractivity contribution < 1.29 is 22.7 Å². The van der Waals surface area contributed by atoms with Crippen LogP contribution in [-0.2, 0) is 30.9 Å². The minimum atomic E-state index is -3.31. The SMILES string of the molecule is COc1ccc(N2CC(C(=O)Nc3c4c(nn3-c3ccccc3C)CS(=O)(=O)C4)CC2=O)cc1. The summed E-state index contributed by atoms with van der Waals surface area (Å²) in [5.74, 6) is -0.369. The highest BCUT2D eigenvalue weighted by molar-refractivity contribution is 7.90. The number of aryl methyl sites for hydroxylation is 1. The third kappa shape index (κ3) is 3.94. The lowest BCUT2D eigenvalue weighted by Crippen LogP contribution is -2.29. The van der Waals surface area contributed by atoms with E-state index in [9.17, 15) is 18.0 Å². The van der Waals surface area contributed by atoms with E-state index in [-0.39, 0.29) is 36.3 Å². The number of sulfone groups is 1. The van der Waals surface area contributed by atoms with Gasteiger partial charge < -0.3 is 15.0 Å². The number of carbonyl (C=O) groups excluding carboxylic acids is 2. The molecule has 1 unspecified atom stereocenters. The molecule has 2 aliphatic rings. The summed E-state index contributed by atoms with van der Waals surface area (Å²) in [5, 5.41) is 7.43. The second-order valence-electron chi connectivity index (χ2n) is 8.60. The first kappa shape index (κ1) is 22.1. The van der Waals surface area contributed by atoms with Crippen LogP contribution < -0.4 is 15.0 Å². The van der Waals surface area contributed by atoms with Gasteiger partial charge in [-0.2, -0.15) is 5.10 Å². The molecule has 34 heavy (non-hydrogen) atoms. The third-order valence-corrected chi connectivity index (χ3v) is 7.69. The zero-order valence-corrected chi connectivity index (χ0v) is 19.6. The van der Waals surface area contributed by atoms with E-state index in [1.54, 1.807) is 41.0 Å². The molecule has 1 fully saturated rings. The Hall–Kier alpha value is -3.66. The van der Waals surface area contributed by atoms with Gasteiger partial charge in [0.1, 0.15) is 11.6 Å². The smallest absolute Gasteiger partial charge is 0.230 e. The largest absolute Gasteiger partial charge is 0.497 e. The van der Waals surface area contributed by atoms with Crippen molar-refractivity contribution in [1.82, 2.24) is 9.78 Å². The van der Waals surface area contributed by atoms with Crippen LogP contribution >= 0.6 is 0 Å². The van der Waals surface area contributed by atoms with Gasteiger partial charge in [-0.15, -0.1) is 0 Å². The van der Waals surface area contributed by atoms with Gasteiger partial charge in [-0.3, -0.25) is 9.59 Å². The lowest BCUT2D eigenvalue weighted by atomic mass is 10.1. The summed E-state index contributed by atoms with van der Waals surface area (Å²) in [7, 11) is -1.74. The van der Waals surface area contributed by atoms with Crippen molar-refractivity contribution in [2.24, 2.45) is 5.92 Å². The number of hydrogen-bond acceptors (Lipinski definition) is 6. The molecule has 176 valence electrons. The summed E-state index contributed by atoms with van der Waals surface area (Å²) in [6.45, 7) is 2.16. The first-order valence-electron chi connectivity index (χ1n) is 10.9. The zero-order chi connectivity index (χ0) is 24.0. The number of anilines is 2. The van der Waals surface area contributed by atoms with Crippen LogP contribution in [0.4, 0.5) is 11.5 Å². The maximum absolute atomic E-state index is 13.3. The van der Waals surface area contributed by atoms with Crippen molar-refractivity contribution in [3.63, 3.8) is 0 Å². The predicted octanol–water partition coefficient (Wildman–Crippen LogP) is 2.61. The average molecular weight is 481 g/mol. The second kappa shape index (κ2) is 8.28. The fourth-order valence-corrected chi connectivity index (χ4v) is 5.95. The highest BCUT2D eigenvalue weighted by atomic mass is 32.2. The van der Waals surface area contributed by atoms with Gasteiger partial charge in [-0.25, -0.2) is 13.1 Å². The first-order chi connectivity index (χ1) is 16.3. The maximum atomic E-state index is 13.3. The van der Waals surface area contributed by atoms with Crippen molar-refractivity contribution in [3.8, 4) is 11.4 Å². The molecule has 1 saturated heterocycles. The lowest BCUT2D eigenvalue weighted by molar-refractivity contribution is -0.122. The lowest BCUT2D eigenvalue weighted by Gasteiger charge is -2.18. The summed E-state index contributed by atoms with van der Waals surface area (Å²) in [4.78, 5) is 27.5. The quantitative estimate of drug-likeness (QED) is 0.601. The van der Waals surface area contributed by atoms with Crippen LogP contribution in [-0.4, -0.2) is 43.7 Å². The Kier molecular flexibility index (Phi) is 5.40. The van der Waals surface area contributed by atoms with E-state index in [4.69, 9.17) is 4.74 Å². The highest BCUT2D eigenvalue weighted by Crippen LogP contribution is 2.35. The van der Waals surface area contributed by atoms with E-state index >= 15 is 0 Å². The monoisotopic (exact) mass is 480 g/mol. The van der Waals surface area contributed by atoms with Crippen molar-refractivity contribution in [2.45, 2.75) is 24.9 Å². The van der Waals surface area contributed by atoms with Crippen molar-refractivity contribution in [3.05, 3.63) is 65.4 Å². The minimum Gasteiger partial charge on any atom is -0.497 e. The van der Waals surface area contributed by atoms with E-state index < -0.39 is 15.8 Å². The summed E-state index contributed by atoms with van der Waals surface area (Å²) >= 11 is 0. The number of ether oxygens (including phenoxy) is 1. The van der Waals surface area contributed by atoms with Gasteiger partial charge in [0.25, 0.3) is 0 Å². The molecule has 0 saturated carbocycles. The molecule has 2 aliphatic heterocycles. The third-order valence-electron chi connectivity index (χ3n) is 6.25. The minimum absolute atomic E-state index is 0.0663. The Morgan fingerprint density at radius 2 is 1.85 bits per heavy atom. The number of aromatic nitrogens is 2. The molecule has 1 atom stereocenters. The Bertz CT molecular complexity index is 1400. The molecule has 1 N–H and O–H groups in total. The van der Waals surface area contributed by atoms with Crippen molar-refractivity contribution in [2.75, 3.05) is 23.9 Å². The van der Waals surface area contributed by atoms with Gasteiger partial charge in [0, 0.05) is 24.2 Å². The van der Waals surface area contributed by atoms with E-state index in [0.717, 1.165) is 11.3 Å². The number of rotatable bonds is 5. The molecular weight excluding hydrogens is 456 g/mol. The average Bonchev–Trinajstić information content (AvgIpc) is 3.44.